The van der Waals surface area contributed by atoms with Gasteiger partial charge in [-0.3, -0.25) is 14.6 Å². The van der Waals surface area contributed by atoms with Gasteiger partial charge in [-0.1, -0.05) is 22.9 Å². The highest BCUT2D eigenvalue weighted by molar-refractivity contribution is 7.89. The third-order valence-corrected chi connectivity index (χ3v) is 9.67. The highest BCUT2D eigenvalue weighted by Crippen LogP contribution is 2.32. The number of benzene rings is 2. The Morgan fingerprint density at radius 3 is 2.38 bits per heavy atom. The number of amides is 1. The molecule has 3 heterocycles. The zero-order valence-electron chi connectivity index (χ0n) is 20.3. The second kappa shape index (κ2) is 11.7. The summed E-state index contributed by atoms with van der Waals surface area (Å²) in [4.78, 5) is 22.6. The Bertz CT molecular complexity index is 1340. The van der Waals surface area contributed by atoms with E-state index in [9.17, 15) is 13.2 Å². The molecule has 2 saturated heterocycles. The summed E-state index contributed by atoms with van der Waals surface area (Å²) in [6.45, 7) is 5.94. The van der Waals surface area contributed by atoms with Crippen molar-refractivity contribution in [2.75, 3.05) is 70.6 Å². The number of carbonyl (C=O) groups is 1. The topological polar surface area (TPSA) is 92.3 Å². The molecule has 2 aliphatic heterocycles. The molecule has 0 N–H and O–H groups in total. The van der Waals surface area contributed by atoms with E-state index in [-0.39, 0.29) is 10.8 Å². The minimum absolute atomic E-state index is 0.166. The summed E-state index contributed by atoms with van der Waals surface area (Å²) in [5, 5.41) is 1.21. The van der Waals surface area contributed by atoms with Gasteiger partial charge in [0, 0.05) is 49.9 Å². The molecule has 0 atom stereocenters. The van der Waals surface area contributed by atoms with Crippen LogP contribution in [0.4, 0.5) is 5.13 Å². The number of halogens is 1. The van der Waals surface area contributed by atoms with Gasteiger partial charge in [0.05, 0.1) is 41.5 Å². The molecule has 0 aliphatic carbocycles. The summed E-state index contributed by atoms with van der Waals surface area (Å²) in [5.74, 6) is -0.220. The third kappa shape index (κ3) is 6.14. The van der Waals surface area contributed by atoms with Gasteiger partial charge in [0.2, 0.25) is 10.0 Å². The molecule has 2 aliphatic rings. The van der Waals surface area contributed by atoms with Crippen LogP contribution in [0.3, 0.4) is 0 Å². The fourth-order valence-electron chi connectivity index (χ4n) is 4.42. The summed E-state index contributed by atoms with van der Waals surface area (Å²) >= 11 is 7.58. The molecule has 0 spiro atoms. The Hall–Kier alpha value is -2.12. The van der Waals surface area contributed by atoms with Gasteiger partial charge < -0.3 is 9.47 Å². The van der Waals surface area contributed by atoms with Gasteiger partial charge in [-0.2, -0.15) is 4.31 Å². The number of anilines is 1. The van der Waals surface area contributed by atoms with E-state index in [1.165, 1.54) is 27.8 Å². The largest absolute Gasteiger partial charge is 0.379 e. The molecular weight excluding hydrogens is 536 g/mol. The standard InChI is InChI=1S/C25H29ClN4O5S2/c26-20-4-7-22-23(18-20)36-25(27-22)30(9-1-8-28-10-14-34-15-11-28)24(31)19-2-5-21(6-3-19)37(32,33)29-12-16-35-17-13-29/h2-7,18H,1,8-17H2. The first-order chi connectivity index (χ1) is 17.9. The van der Waals surface area contributed by atoms with Crippen molar-refractivity contribution < 1.29 is 22.7 Å². The average molecular weight is 565 g/mol. The summed E-state index contributed by atoms with van der Waals surface area (Å²) in [6.07, 6.45) is 0.770. The first-order valence-electron chi connectivity index (χ1n) is 12.3. The Labute approximate surface area is 225 Å². The Morgan fingerprint density at radius 2 is 1.68 bits per heavy atom. The fourth-order valence-corrected chi connectivity index (χ4v) is 7.10. The number of nitrogens with zero attached hydrogens (tertiary/aromatic N) is 4. The summed E-state index contributed by atoms with van der Waals surface area (Å²) in [6, 6.07) is 11.6. The van der Waals surface area contributed by atoms with Crippen LogP contribution in [0.2, 0.25) is 5.02 Å². The predicted molar refractivity (Wildman–Crippen MR) is 144 cm³/mol. The van der Waals surface area contributed by atoms with Gasteiger partial charge in [-0.25, -0.2) is 13.4 Å². The second-order valence-corrected chi connectivity index (χ2v) is 12.3. The highest BCUT2D eigenvalue weighted by atomic mass is 35.5. The van der Waals surface area contributed by atoms with E-state index < -0.39 is 10.0 Å². The van der Waals surface area contributed by atoms with Crippen LogP contribution in [-0.4, -0.2) is 94.2 Å². The lowest BCUT2D eigenvalue weighted by molar-refractivity contribution is 0.0376. The maximum absolute atomic E-state index is 13.7. The zero-order valence-corrected chi connectivity index (χ0v) is 22.7. The fraction of sp³-hybridized carbons (Fsp3) is 0.440. The SMILES string of the molecule is O=C(c1ccc(S(=O)(=O)N2CCOCC2)cc1)N(CCCN1CCOCC1)c1nc2ccc(Cl)cc2s1. The number of rotatable bonds is 8. The van der Waals surface area contributed by atoms with Crippen molar-refractivity contribution in [2.24, 2.45) is 0 Å². The second-order valence-electron chi connectivity index (χ2n) is 8.91. The normalized spacial score (nSPS) is 17.8. The van der Waals surface area contributed by atoms with Gasteiger partial charge >= 0.3 is 0 Å². The van der Waals surface area contributed by atoms with E-state index in [1.54, 1.807) is 23.1 Å². The molecule has 2 fully saturated rings. The number of hydrogen-bond acceptors (Lipinski definition) is 8. The molecule has 12 heteroatoms. The molecule has 198 valence electrons. The van der Waals surface area contributed by atoms with Crippen molar-refractivity contribution in [1.29, 1.82) is 0 Å². The lowest BCUT2D eigenvalue weighted by Crippen LogP contribution is -2.40. The molecule has 3 aromatic rings. The molecule has 0 bridgehead atoms. The smallest absolute Gasteiger partial charge is 0.260 e. The van der Waals surface area contributed by atoms with Gasteiger partial charge in [0.1, 0.15) is 0 Å². The van der Waals surface area contributed by atoms with Gasteiger partial charge in [-0.05, 0) is 48.9 Å². The maximum atomic E-state index is 13.7. The van der Waals surface area contributed by atoms with Crippen molar-refractivity contribution in [2.45, 2.75) is 11.3 Å². The number of ether oxygens (including phenoxy) is 2. The Morgan fingerprint density at radius 1 is 1.00 bits per heavy atom. The minimum atomic E-state index is -3.64. The van der Waals surface area contributed by atoms with Crippen LogP contribution in [-0.2, 0) is 19.5 Å². The summed E-state index contributed by atoms with van der Waals surface area (Å²) < 4.78 is 39.0. The van der Waals surface area contributed by atoms with E-state index in [0.29, 0.717) is 48.6 Å². The maximum Gasteiger partial charge on any atom is 0.260 e. The number of hydrogen-bond donors (Lipinski definition) is 0. The molecule has 9 nitrogen and oxygen atoms in total. The van der Waals surface area contributed by atoms with Gasteiger partial charge in [0.25, 0.3) is 5.91 Å². The number of carbonyl (C=O) groups excluding carboxylic acids is 1. The molecule has 37 heavy (non-hydrogen) atoms. The summed E-state index contributed by atoms with van der Waals surface area (Å²) in [7, 11) is -3.64. The van der Waals surface area contributed by atoms with Crippen LogP contribution < -0.4 is 4.90 Å². The van der Waals surface area contributed by atoms with Crippen molar-refractivity contribution in [1.82, 2.24) is 14.2 Å². The van der Waals surface area contributed by atoms with E-state index in [1.807, 2.05) is 12.1 Å². The van der Waals surface area contributed by atoms with Crippen LogP contribution in [0.5, 0.6) is 0 Å². The van der Waals surface area contributed by atoms with E-state index >= 15 is 0 Å². The minimum Gasteiger partial charge on any atom is -0.379 e. The number of morpholine rings is 2. The molecule has 0 saturated carbocycles. The molecule has 1 amide bonds. The van der Waals surface area contributed by atoms with Gasteiger partial charge in [-0.15, -0.1) is 0 Å². The summed E-state index contributed by atoms with van der Waals surface area (Å²) in [5.41, 5.74) is 1.19. The Balaban J connectivity index is 1.37. The van der Waals surface area contributed by atoms with Gasteiger partial charge in [0.15, 0.2) is 5.13 Å². The first-order valence-corrected chi connectivity index (χ1v) is 14.9. The van der Waals surface area contributed by atoms with Crippen molar-refractivity contribution in [3.63, 3.8) is 0 Å². The number of thiazole rings is 1. The lowest BCUT2D eigenvalue weighted by Gasteiger charge is -2.28. The molecule has 5 rings (SSSR count). The van der Waals surface area contributed by atoms with Crippen molar-refractivity contribution in [3.05, 3.63) is 53.1 Å². The average Bonchev–Trinajstić information content (AvgIpc) is 3.34. The third-order valence-electron chi connectivity index (χ3n) is 6.48. The highest BCUT2D eigenvalue weighted by Gasteiger charge is 2.27. The first kappa shape index (κ1) is 26.5. The molecule has 0 unspecified atom stereocenters. The van der Waals surface area contributed by atoms with Crippen LogP contribution in [0.1, 0.15) is 16.8 Å². The zero-order chi connectivity index (χ0) is 25.8. The number of aromatic nitrogens is 1. The number of fused-ring (bicyclic) bond motifs is 1. The van der Waals surface area contributed by atoms with Crippen LogP contribution >= 0.6 is 22.9 Å². The van der Waals surface area contributed by atoms with Crippen LogP contribution in [0, 0.1) is 0 Å². The van der Waals surface area contributed by atoms with Crippen LogP contribution in [0.25, 0.3) is 10.2 Å². The Kier molecular flexibility index (Phi) is 8.40. The van der Waals surface area contributed by atoms with E-state index in [0.717, 1.165) is 49.5 Å². The van der Waals surface area contributed by atoms with Crippen molar-refractivity contribution >= 4 is 54.2 Å². The van der Waals surface area contributed by atoms with Crippen LogP contribution in [0.15, 0.2) is 47.4 Å². The quantitative estimate of drug-likeness (QED) is 0.414. The molecule has 1 aromatic heterocycles. The molecule has 2 aromatic carbocycles. The van der Waals surface area contributed by atoms with E-state index in [2.05, 4.69) is 4.90 Å². The monoisotopic (exact) mass is 564 g/mol. The lowest BCUT2D eigenvalue weighted by atomic mass is 10.2. The molecule has 0 radical (unpaired) electrons. The predicted octanol–water partition coefficient (Wildman–Crippen LogP) is 3.34. The number of sulfonamides is 1. The molecular formula is C25H29ClN4O5S2. The van der Waals surface area contributed by atoms with E-state index in [4.69, 9.17) is 26.1 Å². The van der Waals surface area contributed by atoms with Crippen molar-refractivity contribution in [3.8, 4) is 0 Å².